The van der Waals surface area contributed by atoms with Crippen LogP contribution in [0.3, 0.4) is 0 Å². The minimum Gasteiger partial charge on any atom is -0.465 e. The molecule has 0 radical (unpaired) electrons. The standard InChI is InChI=1S/C17H24N2O3.ClH/c1-13(2)12-22-17(21)9-8-15-18-16(20)11-19(15)10-14-6-4-3-5-7-14;/h3-7,13,15H,8-12H2,1-2H3,(H,18,20);1H. The van der Waals surface area contributed by atoms with Crippen LogP contribution in [-0.4, -0.2) is 36.1 Å². The van der Waals surface area contributed by atoms with Crippen molar-refractivity contribution in [2.75, 3.05) is 13.2 Å². The summed E-state index contributed by atoms with van der Waals surface area (Å²) in [5.41, 5.74) is 1.16. The fourth-order valence-corrected chi connectivity index (χ4v) is 2.44. The highest BCUT2D eigenvalue weighted by atomic mass is 35.5. The number of carbonyl (C=O) groups excluding carboxylic acids is 2. The van der Waals surface area contributed by atoms with Crippen molar-refractivity contribution in [3.05, 3.63) is 35.9 Å². The summed E-state index contributed by atoms with van der Waals surface area (Å²) in [5, 5.41) is 2.92. The summed E-state index contributed by atoms with van der Waals surface area (Å²) in [5.74, 6) is 0.149. The zero-order valence-electron chi connectivity index (χ0n) is 13.7. The summed E-state index contributed by atoms with van der Waals surface area (Å²) in [7, 11) is 0. The number of amides is 1. The van der Waals surface area contributed by atoms with Gasteiger partial charge in [-0.25, -0.2) is 0 Å². The van der Waals surface area contributed by atoms with Crippen molar-refractivity contribution >= 4 is 24.3 Å². The number of esters is 1. The molecule has 0 aliphatic carbocycles. The number of hydrogen-bond donors (Lipinski definition) is 1. The molecule has 128 valence electrons. The van der Waals surface area contributed by atoms with Gasteiger partial charge in [0, 0.05) is 13.0 Å². The highest BCUT2D eigenvalue weighted by Gasteiger charge is 2.29. The second kappa shape index (κ2) is 9.53. The normalized spacial score (nSPS) is 17.7. The van der Waals surface area contributed by atoms with Gasteiger partial charge in [0.1, 0.15) is 0 Å². The smallest absolute Gasteiger partial charge is 0.305 e. The van der Waals surface area contributed by atoms with E-state index in [4.69, 9.17) is 4.74 Å². The van der Waals surface area contributed by atoms with E-state index in [9.17, 15) is 9.59 Å². The van der Waals surface area contributed by atoms with Crippen LogP contribution in [0.1, 0.15) is 32.3 Å². The maximum atomic E-state index is 11.7. The van der Waals surface area contributed by atoms with Crippen LogP contribution >= 0.6 is 12.4 Å². The van der Waals surface area contributed by atoms with Crippen molar-refractivity contribution in [2.24, 2.45) is 5.92 Å². The van der Waals surface area contributed by atoms with Gasteiger partial charge >= 0.3 is 5.97 Å². The van der Waals surface area contributed by atoms with E-state index in [-0.39, 0.29) is 30.4 Å². The van der Waals surface area contributed by atoms with E-state index in [2.05, 4.69) is 10.2 Å². The Hall–Kier alpha value is -1.59. The van der Waals surface area contributed by atoms with E-state index in [1.165, 1.54) is 0 Å². The average Bonchev–Trinajstić information content (AvgIpc) is 2.83. The van der Waals surface area contributed by atoms with E-state index in [0.29, 0.717) is 38.5 Å². The summed E-state index contributed by atoms with van der Waals surface area (Å²) in [4.78, 5) is 25.4. The Labute approximate surface area is 143 Å². The summed E-state index contributed by atoms with van der Waals surface area (Å²) in [6.07, 6.45) is 0.803. The van der Waals surface area contributed by atoms with Crippen LogP contribution in [0.4, 0.5) is 0 Å². The van der Waals surface area contributed by atoms with Crippen molar-refractivity contribution in [2.45, 2.75) is 39.4 Å². The third-order valence-corrected chi connectivity index (χ3v) is 3.54. The Morgan fingerprint density at radius 3 is 2.70 bits per heavy atom. The fraction of sp³-hybridized carbons (Fsp3) is 0.529. The predicted octanol–water partition coefficient (Wildman–Crippen LogP) is 2.35. The number of rotatable bonds is 7. The Balaban J connectivity index is 0.00000264. The van der Waals surface area contributed by atoms with Gasteiger partial charge in [-0.1, -0.05) is 44.2 Å². The Morgan fingerprint density at radius 1 is 1.35 bits per heavy atom. The van der Waals surface area contributed by atoms with Crippen LogP contribution in [-0.2, 0) is 20.9 Å². The van der Waals surface area contributed by atoms with E-state index < -0.39 is 0 Å². The molecule has 0 bridgehead atoms. The molecule has 5 nitrogen and oxygen atoms in total. The first-order chi connectivity index (χ1) is 10.5. The number of carbonyl (C=O) groups is 2. The van der Waals surface area contributed by atoms with Gasteiger partial charge in [-0.2, -0.15) is 0 Å². The number of ether oxygens (including phenoxy) is 1. The van der Waals surface area contributed by atoms with Crippen molar-refractivity contribution in [3.63, 3.8) is 0 Å². The molecule has 1 atom stereocenters. The minimum absolute atomic E-state index is 0. The molecule has 1 unspecified atom stereocenters. The van der Waals surface area contributed by atoms with Gasteiger partial charge in [0.2, 0.25) is 5.91 Å². The Kier molecular flexibility index (Phi) is 8.06. The van der Waals surface area contributed by atoms with Crippen molar-refractivity contribution in [1.82, 2.24) is 10.2 Å². The van der Waals surface area contributed by atoms with Crippen LogP contribution in [0.25, 0.3) is 0 Å². The van der Waals surface area contributed by atoms with Gasteiger partial charge in [-0.15, -0.1) is 12.4 Å². The zero-order valence-corrected chi connectivity index (χ0v) is 14.5. The highest BCUT2D eigenvalue weighted by molar-refractivity contribution is 5.85. The topological polar surface area (TPSA) is 58.6 Å². The second-order valence-electron chi connectivity index (χ2n) is 6.09. The molecule has 1 amide bonds. The molecular weight excluding hydrogens is 316 g/mol. The lowest BCUT2D eigenvalue weighted by atomic mass is 10.2. The molecule has 1 aromatic carbocycles. The van der Waals surface area contributed by atoms with Crippen LogP contribution < -0.4 is 5.32 Å². The SMILES string of the molecule is CC(C)COC(=O)CCC1NC(=O)CN1Cc1ccccc1.Cl. The van der Waals surface area contributed by atoms with Crippen molar-refractivity contribution in [3.8, 4) is 0 Å². The van der Waals surface area contributed by atoms with E-state index >= 15 is 0 Å². The lowest BCUT2D eigenvalue weighted by Gasteiger charge is -2.22. The first-order valence-corrected chi connectivity index (χ1v) is 7.77. The summed E-state index contributed by atoms with van der Waals surface area (Å²) < 4.78 is 5.17. The molecule has 6 heteroatoms. The van der Waals surface area contributed by atoms with Crippen molar-refractivity contribution in [1.29, 1.82) is 0 Å². The third-order valence-electron chi connectivity index (χ3n) is 3.54. The maximum Gasteiger partial charge on any atom is 0.305 e. The maximum absolute atomic E-state index is 11.7. The van der Waals surface area contributed by atoms with Gasteiger partial charge in [0.25, 0.3) is 0 Å². The first-order valence-electron chi connectivity index (χ1n) is 7.77. The van der Waals surface area contributed by atoms with Crippen molar-refractivity contribution < 1.29 is 14.3 Å². The van der Waals surface area contributed by atoms with Crippen LogP contribution in [0.5, 0.6) is 0 Å². The largest absolute Gasteiger partial charge is 0.465 e. The average molecular weight is 341 g/mol. The molecule has 1 aliphatic heterocycles. The second-order valence-corrected chi connectivity index (χ2v) is 6.09. The van der Waals surface area contributed by atoms with E-state index in [1.807, 2.05) is 44.2 Å². The quantitative estimate of drug-likeness (QED) is 0.774. The van der Waals surface area contributed by atoms with Gasteiger partial charge in [0.05, 0.1) is 19.3 Å². The fourth-order valence-electron chi connectivity index (χ4n) is 2.44. The molecular formula is C17H25ClN2O3. The number of nitrogens with one attached hydrogen (secondary N) is 1. The van der Waals surface area contributed by atoms with Gasteiger partial charge < -0.3 is 10.1 Å². The molecule has 1 aliphatic rings. The number of hydrogen-bond acceptors (Lipinski definition) is 4. The molecule has 0 saturated carbocycles. The molecule has 2 rings (SSSR count). The minimum atomic E-state index is -0.200. The molecule has 1 N–H and O–H groups in total. The lowest BCUT2D eigenvalue weighted by Crippen LogP contribution is -2.36. The van der Waals surface area contributed by atoms with E-state index in [0.717, 1.165) is 5.56 Å². The summed E-state index contributed by atoms with van der Waals surface area (Å²) in [6, 6.07) is 10.0. The van der Waals surface area contributed by atoms with E-state index in [1.54, 1.807) is 0 Å². The monoisotopic (exact) mass is 340 g/mol. The Bertz CT molecular complexity index is 508. The molecule has 1 fully saturated rings. The van der Waals surface area contributed by atoms with Gasteiger partial charge in [-0.3, -0.25) is 14.5 Å². The lowest BCUT2D eigenvalue weighted by molar-refractivity contribution is -0.145. The van der Waals surface area contributed by atoms with Gasteiger partial charge in [0.15, 0.2) is 0 Å². The summed E-state index contributed by atoms with van der Waals surface area (Å²) in [6.45, 7) is 5.54. The zero-order chi connectivity index (χ0) is 15.9. The first kappa shape index (κ1) is 19.5. The number of benzene rings is 1. The Morgan fingerprint density at radius 2 is 2.04 bits per heavy atom. The predicted molar refractivity (Wildman–Crippen MR) is 91.1 cm³/mol. The number of halogens is 1. The van der Waals surface area contributed by atoms with Crippen LogP contribution in [0, 0.1) is 5.92 Å². The van der Waals surface area contributed by atoms with Crippen LogP contribution in [0.15, 0.2) is 30.3 Å². The highest BCUT2D eigenvalue weighted by Crippen LogP contribution is 2.15. The molecule has 23 heavy (non-hydrogen) atoms. The van der Waals surface area contributed by atoms with Gasteiger partial charge in [-0.05, 0) is 17.9 Å². The molecule has 1 heterocycles. The number of nitrogens with zero attached hydrogens (tertiary/aromatic N) is 1. The van der Waals surface area contributed by atoms with Crippen LogP contribution in [0.2, 0.25) is 0 Å². The molecule has 0 spiro atoms. The molecule has 0 aromatic heterocycles. The third kappa shape index (κ3) is 6.59. The molecule has 1 saturated heterocycles. The molecule has 1 aromatic rings. The summed E-state index contributed by atoms with van der Waals surface area (Å²) >= 11 is 0.